The molecule has 1 aromatic rings. The van der Waals surface area contributed by atoms with Crippen LogP contribution < -0.4 is 10.1 Å². The molecule has 5 heteroatoms. The number of likely N-dealkylation sites (tertiary alicyclic amines) is 1. The van der Waals surface area contributed by atoms with Gasteiger partial charge in [-0.05, 0) is 26.8 Å². The van der Waals surface area contributed by atoms with Crippen molar-refractivity contribution in [3.05, 3.63) is 16.3 Å². The zero-order valence-electron chi connectivity index (χ0n) is 11.2. The highest BCUT2D eigenvalue weighted by Crippen LogP contribution is 2.26. The maximum Gasteiger partial charge on any atom is 0.264 e. The first-order valence-corrected chi connectivity index (χ1v) is 7.07. The molecule has 0 unspecified atom stereocenters. The number of nitrogens with zero attached hydrogens (tertiary/aromatic N) is 1. The van der Waals surface area contributed by atoms with Crippen LogP contribution in [-0.4, -0.2) is 43.6 Å². The summed E-state index contributed by atoms with van der Waals surface area (Å²) in [7, 11) is 3.61. The second-order valence-corrected chi connectivity index (χ2v) is 5.86. The van der Waals surface area contributed by atoms with Crippen LogP contribution in [0, 0.1) is 0 Å². The van der Waals surface area contributed by atoms with Crippen molar-refractivity contribution in [1.82, 2.24) is 10.2 Å². The molecule has 0 spiro atoms. The van der Waals surface area contributed by atoms with E-state index in [1.807, 2.05) is 23.4 Å². The smallest absolute Gasteiger partial charge is 0.264 e. The fourth-order valence-corrected chi connectivity index (χ4v) is 2.97. The molecule has 1 amide bonds. The van der Waals surface area contributed by atoms with Crippen LogP contribution in [0.4, 0.5) is 0 Å². The van der Waals surface area contributed by atoms with Gasteiger partial charge in [-0.1, -0.05) is 0 Å². The number of thiophene rings is 1. The molecule has 1 aliphatic heterocycles. The highest BCUT2D eigenvalue weighted by molar-refractivity contribution is 7.12. The molecule has 18 heavy (non-hydrogen) atoms. The summed E-state index contributed by atoms with van der Waals surface area (Å²) in [6, 6.07) is 1.82. The first kappa shape index (κ1) is 13.4. The van der Waals surface area contributed by atoms with Gasteiger partial charge in [-0.3, -0.25) is 4.79 Å². The SMILES string of the molecule is CNC1(C)CCN(C(=O)c2cc(OC)cs2)CC1. The number of nitrogens with one attached hydrogen (secondary N) is 1. The van der Waals surface area contributed by atoms with Crippen molar-refractivity contribution in [2.75, 3.05) is 27.2 Å². The predicted molar refractivity (Wildman–Crippen MR) is 73.5 cm³/mol. The van der Waals surface area contributed by atoms with E-state index in [1.54, 1.807) is 7.11 Å². The molecule has 2 heterocycles. The number of hydrogen-bond donors (Lipinski definition) is 1. The number of methoxy groups -OCH3 is 1. The fourth-order valence-electron chi connectivity index (χ4n) is 2.15. The second kappa shape index (κ2) is 5.28. The Bertz CT molecular complexity index is 422. The number of amides is 1. The molecule has 0 radical (unpaired) electrons. The molecule has 4 nitrogen and oxygen atoms in total. The minimum absolute atomic E-state index is 0.126. The molecule has 100 valence electrons. The molecule has 0 saturated carbocycles. The quantitative estimate of drug-likeness (QED) is 0.911. The van der Waals surface area contributed by atoms with E-state index in [9.17, 15) is 4.79 Å². The minimum Gasteiger partial charge on any atom is -0.496 e. The van der Waals surface area contributed by atoms with Gasteiger partial charge in [0, 0.05) is 30.1 Å². The van der Waals surface area contributed by atoms with Crippen LogP contribution in [0.2, 0.25) is 0 Å². The average molecular weight is 268 g/mol. The Morgan fingerprint density at radius 2 is 2.17 bits per heavy atom. The Kier molecular flexibility index (Phi) is 3.92. The van der Waals surface area contributed by atoms with E-state index in [0.29, 0.717) is 0 Å². The first-order chi connectivity index (χ1) is 8.58. The lowest BCUT2D eigenvalue weighted by Gasteiger charge is -2.39. The maximum absolute atomic E-state index is 12.3. The molecular weight excluding hydrogens is 248 g/mol. The van der Waals surface area contributed by atoms with Crippen LogP contribution in [0.3, 0.4) is 0 Å². The molecular formula is C13H20N2O2S. The summed E-state index contributed by atoms with van der Waals surface area (Å²) < 4.78 is 5.11. The van der Waals surface area contributed by atoms with Crippen molar-refractivity contribution in [1.29, 1.82) is 0 Å². The average Bonchev–Trinajstić information content (AvgIpc) is 2.87. The summed E-state index contributed by atoms with van der Waals surface area (Å²) in [6.07, 6.45) is 2.00. The van der Waals surface area contributed by atoms with E-state index >= 15 is 0 Å². The van der Waals surface area contributed by atoms with Gasteiger partial charge in [0.2, 0.25) is 0 Å². The Balaban J connectivity index is 1.99. The van der Waals surface area contributed by atoms with E-state index < -0.39 is 0 Å². The van der Waals surface area contributed by atoms with Gasteiger partial charge in [0.25, 0.3) is 5.91 Å². The molecule has 0 aliphatic carbocycles. The third kappa shape index (κ3) is 2.67. The van der Waals surface area contributed by atoms with E-state index in [2.05, 4.69) is 12.2 Å². The van der Waals surface area contributed by atoms with Crippen molar-refractivity contribution in [3.63, 3.8) is 0 Å². The summed E-state index contributed by atoms with van der Waals surface area (Å²) in [6.45, 7) is 3.84. The van der Waals surface area contributed by atoms with Crippen LogP contribution in [0.15, 0.2) is 11.4 Å². The highest BCUT2D eigenvalue weighted by Gasteiger charge is 2.31. The lowest BCUT2D eigenvalue weighted by molar-refractivity contribution is 0.0666. The van der Waals surface area contributed by atoms with Gasteiger partial charge in [0.1, 0.15) is 5.75 Å². The Labute approximate surface area is 112 Å². The van der Waals surface area contributed by atoms with E-state index in [-0.39, 0.29) is 11.4 Å². The van der Waals surface area contributed by atoms with E-state index in [1.165, 1.54) is 11.3 Å². The largest absolute Gasteiger partial charge is 0.496 e. The van der Waals surface area contributed by atoms with Gasteiger partial charge in [0.05, 0.1) is 12.0 Å². The number of hydrogen-bond acceptors (Lipinski definition) is 4. The van der Waals surface area contributed by atoms with Crippen LogP contribution in [0.25, 0.3) is 0 Å². The Morgan fingerprint density at radius 1 is 1.50 bits per heavy atom. The van der Waals surface area contributed by atoms with Gasteiger partial charge >= 0.3 is 0 Å². The summed E-state index contributed by atoms with van der Waals surface area (Å²) >= 11 is 1.45. The maximum atomic E-state index is 12.3. The number of carbonyl (C=O) groups excluding carboxylic acids is 1. The molecule has 1 N–H and O–H groups in total. The third-order valence-corrected chi connectivity index (χ3v) is 4.68. The van der Waals surface area contributed by atoms with Crippen molar-refractivity contribution in [2.24, 2.45) is 0 Å². The van der Waals surface area contributed by atoms with E-state index in [0.717, 1.165) is 36.6 Å². The zero-order valence-corrected chi connectivity index (χ0v) is 12.0. The van der Waals surface area contributed by atoms with Crippen LogP contribution in [0.5, 0.6) is 5.75 Å². The van der Waals surface area contributed by atoms with Crippen molar-refractivity contribution in [2.45, 2.75) is 25.3 Å². The van der Waals surface area contributed by atoms with Crippen LogP contribution in [-0.2, 0) is 0 Å². The third-order valence-electron chi connectivity index (χ3n) is 3.78. The number of ether oxygens (including phenoxy) is 1. The molecule has 2 rings (SSSR count). The second-order valence-electron chi connectivity index (χ2n) is 4.95. The van der Waals surface area contributed by atoms with Crippen molar-refractivity contribution >= 4 is 17.2 Å². The van der Waals surface area contributed by atoms with Gasteiger partial charge in [-0.25, -0.2) is 0 Å². The lowest BCUT2D eigenvalue weighted by Crippen LogP contribution is -2.51. The summed E-state index contributed by atoms with van der Waals surface area (Å²) in [5.74, 6) is 0.891. The molecule has 1 aliphatic rings. The van der Waals surface area contributed by atoms with Gasteiger partial charge in [0.15, 0.2) is 0 Å². The number of rotatable bonds is 3. The lowest BCUT2D eigenvalue weighted by atomic mass is 9.90. The number of carbonyl (C=O) groups is 1. The summed E-state index contributed by atoms with van der Waals surface area (Å²) in [4.78, 5) is 15.0. The molecule has 1 aromatic heterocycles. The predicted octanol–water partition coefficient (Wildman–Crippen LogP) is 1.97. The molecule has 1 saturated heterocycles. The number of piperidine rings is 1. The first-order valence-electron chi connectivity index (χ1n) is 6.19. The molecule has 1 fully saturated rings. The fraction of sp³-hybridized carbons (Fsp3) is 0.615. The van der Waals surface area contributed by atoms with Crippen molar-refractivity contribution in [3.8, 4) is 5.75 Å². The Hall–Kier alpha value is -1.07. The van der Waals surface area contributed by atoms with Crippen LogP contribution in [0.1, 0.15) is 29.4 Å². The zero-order chi connectivity index (χ0) is 13.2. The normalized spacial score (nSPS) is 18.7. The Morgan fingerprint density at radius 3 is 2.67 bits per heavy atom. The monoisotopic (exact) mass is 268 g/mol. The van der Waals surface area contributed by atoms with Crippen LogP contribution >= 0.6 is 11.3 Å². The van der Waals surface area contributed by atoms with Gasteiger partial charge in [-0.15, -0.1) is 11.3 Å². The summed E-state index contributed by atoms with van der Waals surface area (Å²) in [5.41, 5.74) is 0.171. The van der Waals surface area contributed by atoms with Gasteiger partial charge < -0.3 is 15.0 Å². The van der Waals surface area contributed by atoms with Crippen molar-refractivity contribution < 1.29 is 9.53 Å². The molecule has 0 bridgehead atoms. The standard InChI is InChI=1S/C13H20N2O2S/c1-13(14-2)4-6-15(7-5-13)12(16)11-8-10(17-3)9-18-11/h8-9,14H,4-7H2,1-3H3. The topological polar surface area (TPSA) is 41.6 Å². The summed E-state index contributed by atoms with van der Waals surface area (Å²) in [5, 5.41) is 5.21. The minimum atomic E-state index is 0.126. The molecule has 0 aromatic carbocycles. The van der Waals surface area contributed by atoms with E-state index in [4.69, 9.17) is 4.74 Å². The molecule has 0 atom stereocenters. The van der Waals surface area contributed by atoms with Gasteiger partial charge in [-0.2, -0.15) is 0 Å². The highest BCUT2D eigenvalue weighted by atomic mass is 32.1.